The SMILES string of the molecule is O=C(O)CN(CCSc1cc(Cl)ccc1Cl)CC1CC1. The molecule has 0 saturated heterocycles. The number of carboxylic acids is 1. The highest BCUT2D eigenvalue weighted by atomic mass is 35.5. The van der Waals surface area contributed by atoms with Crippen LogP contribution in [-0.2, 0) is 4.79 Å². The molecule has 1 aromatic carbocycles. The van der Waals surface area contributed by atoms with Gasteiger partial charge in [-0.1, -0.05) is 23.2 Å². The van der Waals surface area contributed by atoms with Gasteiger partial charge in [0.15, 0.2) is 0 Å². The molecule has 110 valence electrons. The maximum atomic E-state index is 10.9. The molecule has 1 N–H and O–H groups in total. The topological polar surface area (TPSA) is 40.5 Å². The second-order valence-corrected chi connectivity index (χ2v) is 6.98. The van der Waals surface area contributed by atoms with Gasteiger partial charge in [-0.2, -0.15) is 0 Å². The van der Waals surface area contributed by atoms with Gasteiger partial charge < -0.3 is 5.11 Å². The summed E-state index contributed by atoms with van der Waals surface area (Å²) < 4.78 is 0. The molecular weight excluding hydrogens is 317 g/mol. The number of carboxylic acid groups (broad SMARTS) is 1. The van der Waals surface area contributed by atoms with Crippen LogP contribution in [0, 0.1) is 5.92 Å². The first-order chi connectivity index (χ1) is 9.54. The highest BCUT2D eigenvalue weighted by molar-refractivity contribution is 7.99. The summed E-state index contributed by atoms with van der Waals surface area (Å²) in [6.07, 6.45) is 2.45. The van der Waals surface area contributed by atoms with Crippen LogP contribution in [0.4, 0.5) is 0 Å². The molecule has 1 aliphatic rings. The minimum absolute atomic E-state index is 0.111. The fraction of sp³-hybridized carbons (Fsp3) is 0.500. The summed E-state index contributed by atoms with van der Waals surface area (Å²) in [7, 11) is 0. The Bertz CT molecular complexity index is 480. The third-order valence-electron chi connectivity index (χ3n) is 3.13. The van der Waals surface area contributed by atoms with Crippen LogP contribution >= 0.6 is 35.0 Å². The maximum Gasteiger partial charge on any atom is 0.317 e. The van der Waals surface area contributed by atoms with Crippen LogP contribution in [-0.4, -0.2) is 41.4 Å². The molecule has 0 amide bonds. The normalized spacial score (nSPS) is 14.8. The molecule has 1 fully saturated rings. The van der Waals surface area contributed by atoms with Crippen molar-refractivity contribution in [2.24, 2.45) is 5.92 Å². The van der Waals surface area contributed by atoms with Crippen molar-refractivity contribution in [1.29, 1.82) is 0 Å². The van der Waals surface area contributed by atoms with Gasteiger partial charge in [0, 0.05) is 28.8 Å². The Hall–Kier alpha value is -0.420. The zero-order valence-corrected chi connectivity index (χ0v) is 13.3. The van der Waals surface area contributed by atoms with Gasteiger partial charge in [-0.3, -0.25) is 9.69 Å². The van der Waals surface area contributed by atoms with Gasteiger partial charge in [0.05, 0.1) is 11.6 Å². The van der Waals surface area contributed by atoms with E-state index in [1.54, 1.807) is 23.9 Å². The molecule has 0 aromatic heterocycles. The van der Waals surface area contributed by atoms with Crippen molar-refractivity contribution in [3.8, 4) is 0 Å². The van der Waals surface area contributed by atoms with E-state index in [0.29, 0.717) is 16.0 Å². The van der Waals surface area contributed by atoms with E-state index in [4.69, 9.17) is 28.3 Å². The van der Waals surface area contributed by atoms with Gasteiger partial charge in [-0.25, -0.2) is 0 Å². The van der Waals surface area contributed by atoms with Crippen molar-refractivity contribution in [3.63, 3.8) is 0 Å². The van der Waals surface area contributed by atoms with Crippen LogP contribution in [0.3, 0.4) is 0 Å². The molecule has 0 unspecified atom stereocenters. The van der Waals surface area contributed by atoms with Crippen molar-refractivity contribution in [1.82, 2.24) is 4.90 Å². The smallest absolute Gasteiger partial charge is 0.317 e. The molecular formula is C14H17Cl2NO2S. The van der Waals surface area contributed by atoms with E-state index < -0.39 is 5.97 Å². The first kappa shape index (κ1) is 16.0. The number of benzene rings is 1. The Morgan fingerprint density at radius 2 is 2.15 bits per heavy atom. The van der Waals surface area contributed by atoms with Gasteiger partial charge in [-0.05, 0) is 37.0 Å². The lowest BCUT2D eigenvalue weighted by molar-refractivity contribution is -0.138. The fourth-order valence-electron chi connectivity index (χ4n) is 1.96. The first-order valence-electron chi connectivity index (χ1n) is 6.56. The van der Waals surface area contributed by atoms with Gasteiger partial charge in [0.1, 0.15) is 0 Å². The predicted molar refractivity (Wildman–Crippen MR) is 84.0 cm³/mol. The second kappa shape index (κ2) is 7.55. The van der Waals surface area contributed by atoms with E-state index >= 15 is 0 Å². The Balaban J connectivity index is 1.82. The molecule has 0 aliphatic heterocycles. The van der Waals surface area contributed by atoms with Crippen molar-refractivity contribution >= 4 is 40.9 Å². The Morgan fingerprint density at radius 3 is 2.80 bits per heavy atom. The second-order valence-electron chi connectivity index (χ2n) is 5.00. The standard InChI is InChI=1S/C14H17Cl2NO2S/c15-11-3-4-12(16)13(7-11)20-6-5-17(9-14(18)19)8-10-1-2-10/h3-4,7,10H,1-2,5-6,8-9H2,(H,18,19). The minimum Gasteiger partial charge on any atom is -0.480 e. The zero-order valence-electron chi connectivity index (χ0n) is 11.0. The summed E-state index contributed by atoms with van der Waals surface area (Å²) in [5.41, 5.74) is 0. The molecule has 1 aromatic rings. The summed E-state index contributed by atoms with van der Waals surface area (Å²) in [5, 5.41) is 10.3. The lowest BCUT2D eigenvalue weighted by atomic mass is 10.3. The van der Waals surface area contributed by atoms with Crippen molar-refractivity contribution < 1.29 is 9.90 Å². The summed E-state index contributed by atoms with van der Waals surface area (Å²) in [6, 6.07) is 5.39. The van der Waals surface area contributed by atoms with Crippen molar-refractivity contribution in [2.75, 3.05) is 25.4 Å². The van der Waals surface area contributed by atoms with Crippen molar-refractivity contribution in [3.05, 3.63) is 28.2 Å². The van der Waals surface area contributed by atoms with Gasteiger partial charge in [0.25, 0.3) is 0 Å². The minimum atomic E-state index is -0.767. The monoisotopic (exact) mass is 333 g/mol. The summed E-state index contributed by atoms with van der Waals surface area (Å²) in [4.78, 5) is 13.8. The number of carbonyl (C=O) groups is 1. The van der Waals surface area contributed by atoms with E-state index in [0.717, 1.165) is 23.7 Å². The number of nitrogens with zero attached hydrogens (tertiary/aromatic N) is 1. The zero-order chi connectivity index (χ0) is 14.5. The van der Waals surface area contributed by atoms with E-state index in [9.17, 15) is 4.79 Å². The lowest BCUT2D eigenvalue weighted by Gasteiger charge is -2.19. The van der Waals surface area contributed by atoms with E-state index in [1.807, 2.05) is 11.0 Å². The van der Waals surface area contributed by atoms with Gasteiger partial charge in [0.2, 0.25) is 0 Å². The van der Waals surface area contributed by atoms with Crippen LogP contribution in [0.2, 0.25) is 10.0 Å². The average molecular weight is 334 g/mol. The van der Waals surface area contributed by atoms with Crippen LogP contribution in [0.5, 0.6) is 0 Å². The number of thioether (sulfide) groups is 1. The molecule has 0 heterocycles. The Kier molecular flexibility index (Phi) is 6.02. The van der Waals surface area contributed by atoms with Gasteiger partial charge >= 0.3 is 5.97 Å². The molecule has 20 heavy (non-hydrogen) atoms. The predicted octanol–water partition coefficient (Wildman–Crippen LogP) is 3.88. The van der Waals surface area contributed by atoms with Crippen LogP contribution in [0.25, 0.3) is 0 Å². The van der Waals surface area contributed by atoms with Crippen LogP contribution < -0.4 is 0 Å². The van der Waals surface area contributed by atoms with E-state index in [1.165, 1.54) is 12.8 Å². The average Bonchev–Trinajstić information content (AvgIpc) is 3.16. The Labute approximate surface area is 133 Å². The summed E-state index contributed by atoms with van der Waals surface area (Å²) in [5.74, 6) is 0.727. The number of halogens is 2. The van der Waals surface area contributed by atoms with Crippen molar-refractivity contribution in [2.45, 2.75) is 17.7 Å². The molecule has 1 aliphatic carbocycles. The first-order valence-corrected chi connectivity index (χ1v) is 8.31. The number of rotatable bonds is 8. The lowest BCUT2D eigenvalue weighted by Crippen LogP contribution is -2.33. The summed E-state index contributed by atoms with van der Waals surface area (Å²) >= 11 is 13.7. The third kappa shape index (κ3) is 5.52. The molecule has 3 nitrogen and oxygen atoms in total. The molecule has 0 atom stereocenters. The Morgan fingerprint density at radius 1 is 1.40 bits per heavy atom. The number of aliphatic carboxylic acids is 1. The van der Waals surface area contributed by atoms with E-state index in [2.05, 4.69) is 0 Å². The van der Waals surface area contributed by atoms with Gasteiger partial charge in [-0.15, -0.1) is 11.8 Å². The van der Waals surface area contributed by atoms with Crippen LogP contribution in [0.1, 0.15) is 12.8 Å². The molecule has 2 rings (SSSR count). The third-order valence-corrected chi connectivity index (χ3v) is 4.84. The molecule has 6 heteroatoms. The number of hydrogen-bond acceptors (Lipinski definition) is 3. The molecule has 0 radical (unpaired) electrons. The number of hydrogen-bond donors (Lipinski definition) is 1. The highest BCUT2D eigenvalue weighted by Crippen LogP contribution is 2.31. The largest absolute Gasteiger partial charge is 0.480 e. The maximum absolute atomic E-state index is 10.9. The van der Waals surface area contributed by atoms with E-state index in [-0.39, 0.29) is 6.54 Å². The molecule has 0 bridgehead atoms. The highest BCUT2D eigenvalue weighted by Gasteiger charge is 2.25. The quantitative estimate of drug-likeness (QED) is 0.733. The molecule has 0 spiro atoms. The summed E-state index contributed by atoms with van der Waals surface area (Å²) in [6.45, 7) is 1.74. The molecule has 1 saturated carbocycles. The fourth-order valence-corrected chi connectivity index (χ4v) is 3.47. The van der Waals surface area contributed by atoms with Crippen LogP contribution in [0.15, 0.2) is 23.1 Å².